The number of rotatable bonds is 3. The maximum Gasteiger partial charge on any atom is 0.144 e. The molecule has 2 rings (SSSR count). The van der Waals surface area contributed by atoms with Crippen molar-refractivity contribution in [1.82, 2.24) is 0 Å². The molecule has 0 aromatic heterocycles. The van der Waals surface area contributed by atoms with E-state index >= 15 is 0 Å². The van der Waals surface area contributed by atoms with Gasteiger partial charge in [-0.05, 0) is 18.4 Å². The molecule has 3 N–H and O–H groups in total. The summed E-state index contributed by atoms with van der Waals surface area (Å²) in [5.41, 5.74) is 6.07. The minimum Gasteiger partial charge on any atom is -0.506 e. The van der Waals surface area contributed by atoms with E-state index in [9.17, 15) is 9.50 Å². The Kier molecular flexibility index (Phi) is 4.33. The van der Waals surface area contributed by atoms with E-state index in [2.05, 4.69) is 0 Å². The van der Waals surface area contributed by atoms with Crippen LogP contribution in [0.2, 0.25) is 0 Å². The van der Waals surface area contributed by atoms with Gasteiger partial charge in [-0.15, -0.1) is 12.4 Å². The highest BCUT2D eigenvalue weighted by Crippen LogP contribution is 2.39. The molecule has 1 aromatic rings. The van der Waals surface area contributed by atoms with Crippen LogP contribution in [0.15, 0.2) is 12.1 Å². The fraction of sp³-hybridized carbons (Fsp3) is 0.417. The molecule has 1 fully saturated rings. The lowest BCUT2D eigenvalue weighted by Gasteiger charge is -2.14. The van der Waals surface area contributed by atoms with Crippen molar-refractivity contribution in [2.45, 2.75) is 25.3 Å². The molecule has 0 aliphatic heterocycles. The summed E-state index contributed by atoms with van der Waals surface area (Å²) in [5.74, 6) is -0.400. The van der Waals surface area contributed by atoms with Gasteiger partial charge in [0.05, 0.1) is 0 Å². The quantitative estimate of drug-likeness (QED) is 0.873. The summed E-state index contributed by atoms with van der Waals surface area (Å²) >= 11 is 0. The zero-order valence-electron chi connectivity index (χ0n) is 9.19. The minimum atomic E-state index is -0.706. The molecule has 1 aromatic carbocycles. The first-order valence-corrected chi connectivity index (χ1v) is 5.30. The van der Waals surface area contributed by atoms with Crippen LogP contribution in [-0.2, 0) is 0 Å². The van der Waals surface area contributed by atoms with E-state index in [0.717, 1.165) is 6.42 Å². The molecule has 0 bridgehead atoms. The van der Waals surface area contributed by atoms with Crippen LogP contribution in [0.1, 0.15) is 36.4 Å². The number of nitriles is 1. The Balaban J connectivity index is 0.00000144. The Labute approximate surface area is 105 Å². The average Bonchev–Trinajstić information content (AvgIpc) is 3.02. The number of phenolic OH excluding ortho intramolecular Hbond substituents is 1. The molecule has 5 heteroatoms. The van der Waals surface area contributed by atoms with Gasteiger partial charge < -0.3 is 10.8 Å². The number of aromatic hydroxyl groups is 1. The predicted octanol–water partition coefficient (Wildman–Crippen LogP) is 2.62. The fourth-order valence-electron chi connectivity index (χ4n) is 1.83. The molecule has 0 saturated heterocycles. The van der Waals surface area contributed by atoms with Crippen LogP contribution in [0.4, 0.5) is 4.39 Å². The second-order valence-electron chi connectivity index (χ2n) is 4.26. The van der Waals surface area contributed by atoms with Gasteiger partial charge >= 0.3 is 0 Å². The van der Waals surface area contributed by atoms with Crippen molar-refractivity contribution in [1.29, 1.82) is 5.26 Å². The van der Waals surface area contributed by atoms with Gasteiger partial charge in [-0.3, -0.25) is 0 Å². The molecule has 1 saturated carbocycles. The molecule has 17 heavy (non-hydrogen) atoms. The summed E-state index contributed by atoms with van der Waals surface area (Å²) in [6, 6.07) is 3.97. The van der Waals surface area contributed by atoms with E-state index in [0.29, 0.717) is 11.5 Å². The van der Waals surface area contributed by atoms with Crippen molar-refractivity contribution in [2.24, 2.45) is 11.7 Å². The third-order valence-electron chi connectivity index (χ3n) is 2.95. The molecule has 1 atom stereocenters. The van der Waals surface area contributed by atoms with E-state index in [4.69, 9.17) is 11.0 Å². The lowest BCUT2D eigenvalue weighted by Crippen LogP contribution is -2.12. The van der Waals surface area contributed by atoms with Crippen molar-refractivity contribution in [3.63, 3.8) is 0 Å². The second-order valence-corrected chi connectivity index (χ2v) is 4.26. The molecular formula is C12H14ClFN2O. The highest BCUT2D eigenvalue weighted by molar-refractivity contribution is 5.85. The molecule has 0 heterocycles. The monoisotopic (exact) mass is 256 g/mol. The first-order chi connectivity index (χ1) is 7.63. The first kappa shape index (κ1) is 13.8. The Bertz CT molecular complexity index is 455. The molecule has 0 spiro atoms. The van der Waals surface area contributed by atoms with Crippen LogP contribution in [-0.4, -0.2) is 5.11 Å². The number of hydrogen-bond donors (Lipinski definition) is 2. The summed E-state index contributed by atoms with van der Waals surface area (Å²) in [6.45, 7) is 0. The first-order valence-electron chi connectivity index (χ1n) is 5.30. The number of nitrogens with zero attached hydrogens (tertiary/aromatic N) is 1. The summed E-state index contributed by atoms with van der Waals surface area (Å²) < 4.78 is 13.1. The summed E-state index contributed by atoms with van der Waals surface area (Å²) in [7, 11) is 0. The minimum absolute atomic E-state index is 0. The van der Waals surface area contributed by atoms with E-state index in [1.165, 1.54) is 25.0 Å². The molecule has 1 aliphatic carbocycles. The van der Waals surface area contributed by atoms with Crippen LogP contribution in [0.3, 0.4) is 0 Å². The van der Waals surface area contributed by atoms with Crippen molar-refractivity contribution < 1.29 is 9.50 Å². The third kappa shape index (κ3) is 2.87. The van der Waals surface area contributed by atoms with Crippen LogP contribution < -0.4 is 5.73 Å². The van der Waals surface area contributed by atoms with Gasteiger partial charge in [0.2, 0.25) is 0 Å². The Morgan fingerprint density at radius 2 is 2.18 bits per heavy atom. The van der Waals surface area contributed by atoms with Gasteiger partial charge in [0.1, 0.15) is 23.2 Å². The molecule has 0 unspecified atom stereocenters. The number of benzene rings is 1. The van der Waals surface area contributed by atoms with Gasteiger partial charge in [0.15, 0.2) is 0 Å². The van der Waals surface area contributed by atoms with Crippen molar-refractivity contribution in [3.8, 4) is 11.8 Å². The maximum absolute atomic E-state index is 13.1. The zero-order valence-corrected chi connectivity index (χ0v) is 10.0. The predicted molar refractivity (Wildman–Crippen MR) is 64.3 cm³/mol. The summed E-state index contributed by atoms with van der Waals surface area (Å²) in [6.07, 6.45) is 3.12. The van der Waals surface area contributed by atoms with Gasteiger partial charge in [-0.2, -0.15) is 5.26 Å². The normalized spacial score (nSPS) is 15.8. The van der Waals surface area contributed by atoms with E-state index in [1.807, 2.05) is 0 Å². The fourth-order valence-corrected chi connectivity index (χ4v) is 1.83. The number of hydrogen-bond acceptors (Lipinski definition) is 3. The highest BCUT2D eigenvalue weighted by atomic mass is 35.5. The van der Waals surface area contributed by atoms with Crippen LogP contribution in [0, 0.1) is 23.1 Å². The molecule has 92 valence electrons. The number of phenols is 1. The summed E-state index contributed by atoms with van der Waals surface area (Å²) in [4.78, 5) is 0. The molecule has 0 amide bonds. The molecule has 3 nitrogen and oxygen atoms in total. The van der Waals surface area contributed by atoms with Crippen molar-refractivity contribution >= 4 is 12.4 Å². The van der Waals surface area contributed by atoms with Gasteiger partial charge in [-0.25, -0.2) is 4.39 Å². The standard InChI is InChI=1S/C12H13FN2O.ClH/c13-10-4-3-8(12(16)9(10)6-14)11(15)5-7-1-2-7;/h3-4,7,11,16H,1-2,5,15H2;1H/t11-;/m0./s1. The van der Waals surface area contributed by atoms with E-state index in [1.54, 1.807) is 6.07 Å². The Hall–Kier alpha value is -1.31. The van der Waals surface area contributed by atoms with Crippen LogP contribution >= 0.6 is 12.4 Å². The highest BCUT2D eigenvalue weighted by Gasteiger charge is 2.26. The smallest absolute Gasteiger partial charge is 0.144 e. The lowest BCUT2D eigenvalue weighted by atomic mass is 9.98. The largest absolute Gasteiger partial charge is 0.506 e. The topological polar surface area (TPSA) is 70.0 Å². The Morgan fingerprint density at radius 1 is 1.53 bits per heavy atom. The number of halogens is 2. The van der Waals surface area contributed by atoms with Crippen LogP contribution in [0.5, 0.6) is 5.75 Å². The van der Waals surface area contributed by atoms with Crippen molar-refractivity contribution in [2.75, 3.05) is 0 Å². The maximum atomic E-state index is 13.1. The van der Waals surface area contributed by atoms with Gasteiger partial charge in [0, 0.05) is 11.6 Å². The second kappa shape index (κ2) is 5.35. The third-order valence-corrected chi connectivity index (χ3v) is 2.95. The summed E-state index contributed by atoms with van der Waals surface area (Å²) in [5, 5.41) is 18.4. The van der Waals surface area contributed by atoms with Crippen molar-refractivity contribution in [3.05, 3.63) is 29.1 Å². The zero-order chi connectivity index (χ0) is 11.7. The lowest BCUT2D eigenvalue weighted by molar-refractivity contribution is 0.447. The van der Waals surface area contributed by atoms with Gasteiger partial charge in [-0.1, -0.05) is 18.9 Å². The van der Waals surface area contributed by atoms with E-state index < -0.39 is 5.82 Å². The van der Waals surface area contributed by atoms with Crippen LogP contribution in [0.25, 0.3) is 0 Å². The Morgan fingerprint density at radius 3 is 2.71 bits per heavy atom. The molecule has 1 aliphatic rings. The van der Waals surface area contributed by atoms with Gasteiger partial charge in [0.25, 0.3) is 0 Å². The average molecular weight is 257 g/mol. The molecular weight excluding hydrogens is 243 g/mol. The van der Waals surface area contributed by atoms with E-state index in [-0.39, 0.29) is 29.8 Å². The SMILES string of the molecule is Cl.N#Cc1c(F)ccc([C@@H](N)CC2CC2)c1O. The number of nitrogens with two attached hydrogens (primary N) is 1. The molecule has 0 radical (unpaired) electrons.